The maximum atomic E-state index is 11.7. The van der Waals surface area contributed by atoms with Gasteiger partial charge in [-0.05, 0) is 43.9 Å². The molecule has 0 saturated heterocycles. The summed E-state index contributed by atoms with van der Waals surface area (Å²) < 4.78 is 0. The lowest BCUT2D eigenvalue weighted by atomic mass is 9.69. The van der Waals surface area contributed by atoms with E-state index < -0.39 is 0 Å². The molecule has 0 aromatic heterocycles. The molecule has 2 nitrogen and oxygen atoms in total. The van der Waals surface area contributed by atoms with Crippen molar-refractivity contribution in [3.05, 3.63) is 11.6 Å². The van der Waals surface area contributed by atoms with E-state index in [1.165, 1.54) is 19.3 Å². The molecule has 1 fully saturated rings. The Kier molecular flexibility index (Phi) is 5.23. The van der Waals surface area contributed by atoms with E-state index >= 15 is 0 Å². The molecular formula is C15H27NO. The summed E-state index contributed by atoms with van der Waals surface area (Å²) in [5.74, 6) is 1.00. The second-order valence-electron chi connectivity index (χ2n) is 5.39. The molecule has 0 spiro atoms. The summed E-state index contributed by atoms with van der Waals surface area (Å²) in [5, 5.41) is 2.92. The standard InChI is InChI=1S/C13H21NO.C2H6/c1-3-14-12(15)9-13-5-4-11(8-13)6-10(2)7-13;1-2/h4,10H,3,5-9H2,1-2H3,(H,14,15);1-2H3. The first-order valence-electron chi connectivity index (χ1n) is 7.08. The van der Waals surface area contributed by atoms with Gasteiger partial charge in [0.1, 0.15) is 0 Å². The Morgan fingerprint density at radius 3 is 2.88 bits per heavy atom. The highest BCUT2D eigenvalue weighted by Crippen LogP contribution is 2.51. The van der Waals surface area contributed by atoms with Crippen molar-refractivity contribution in [1.82, 2.24) is 5.32 Å². The number of amides is 1. The smallest absolute Gasteiger partial charge is 0.220 e. The average Bonchev–Trinajstić information content (AvgIpc) is 2.57. The van der Waals surface area contributed by atoms with Gasteiger partial charge in [0.05, 0.1) is 0 Å². The summed E-state index contributed by atoms with van der Waals surface area (Å²) in [6, 6.07) is 0. The Hall–Kier alpha value is -0.790. The van der Waals surface area contributed by atoms with E-state index in [-0.39, 0.29) is 11.3 Å². The number of carbonyl (C=O) groups is 1. The molecule has 0 aromatic carbocycles. The number of fused-ring (bicyclic) bond motifs is 2. The first-order valence-corrected chi connectivity index (χ1v) is 7.08. The topological polar surface area (TPSA) is 29.1 Å². The summed E-state index contributed by atoms with van der Waals surface area (Å²) in [7, 11) is 0. The normalized spacial score (nSPS) is 30.1. The second kappa shape index (κ2) is 6.23. The maximum Gasteiger partial charge on any atom is 0.220 e. The van der Waals surface area contributed by atoms with E-state index in [0.29, 0.717) is 0 Å². The van der Waals surface area contributed by atoms with E-state index in [9.17, 15) is 4.79 Å². The minimum absolute atomic E-state index is 0.237. The first kappa shape index (κ1) is 14.3. The van der Waals surface area contributed by atoms with Crippen LogP contribution in [0.1, 0.15) is 59.8 Å². The monoisotopic (exact) mass is 237 g/mol. The van der Waals surface area contributed by atoms with Crippen molar-refractivity contribution in [2.75, 3.05) is 6.54 Å². The van der Waals surface area contributed by atoms with Crippen LogP contribution in [-0.4, -0.2) is 12.5 Å². The number of nitrogens with one attached hydrogen (secondary N) is 1. The van der Waals surface area contributed by atoms with E-state index in [1.807, 2.05) is 20.8 Å². The molecule has 2 aliphatic carbocycles. The predicted octanol–water partition coefficient (Wildman–Crippen LogP) is 3.68. The first-order chi connectivity index (χ1) is 8.13. The SMILES string of the molecule is CC.CCNC(=O)CC12CC=C(CC(C)C1)C2. The molecule has 0 aromatic rings. The molecule has 1 saturated carbocycles. The van der Waals surface area contributed by atoms with Crippen molar-refractivity contribution in [2.45, 2.75) is 59.8 Å². The highest BCUT2D eigenvalue weighted by atomic mass is 16.1. The van der Waals surface area contributed by atoms with Crippen molar-refractivity contribution in [2.24, 2.45) is 11.3 Å². The van der Waals surface area contributed by atoms with Gasteiger partial charge < -0.3 is 5.32 Å². The molecule has 17 heavy (non-hydrogen) atoms. The van der Waals surface area contributed by atoms with Crippen molar-refractivity contribution < 1.29 is 4.79 Å². The summed E-state index contributed by atoms with van der Waals surface area (Å²) in [5.41, 5.74) is 1.88. The zero-order valence-corrected chi connectivity index (χ0v) is 11.8. The van der Waals surface area contributed by atoms with Gasteiger partial charge in [0.2, 0.25) is 5.91 Å². The quantitative estimate of drug-likeness (QED) is 0.745. The number of rotatable bonds is 3. The summed E-state index contributed by atoms with van der Waals surface area (Å²) in [6.07, 6.45) is 7.90. The molecule has 0 heterocycles. The van der Waals surface area contributed by atoms with Gasteiger partial charge in [0.25, 0.3) is 0 Å². The lowest BCUT2D eigenvalue weighted by molar-refractivity contribution is -0.123. The van der Waals surface area contributed by atoms with Crippen LogP contribution in [-0.2, 0) is 4.79 Å². The fourth-order valence-corrected chi connectivity index (χ4v) is 3.36. The molecule has 2 heteroatoms. The molecule has 1 amide bonds. The molecule has 1 N–H and O–H groups in total. The highest BCUT2D eigenvalue weighted by Gasteiger charge is 2.41. The lowest BCUT2D eigenvalue weighted by Crippen LogP contribution is -2.33. The predicted molar refractivity (Wildman–Crippen MR) is 72.8 cm³/mol. The van der Waals surface area contributed by atoms with E-state index in [1.54, 1.807) is 5.57 Å². The largest absolute Gasteiger partial charge is 0.356 e. The van der Waals surface area contributed by atoms with Crippen molar-refractivity contribution in [3.8, 4) is 0 Å². The van der Waals surface area contributed by atoms with Crippen LogP contribution in [0.2, 0.25) is 0 Å². The van der Waals surface area contributed by atoms with Gasteiger partial charge in [-0.15, -0.1) is 0 Å². The Bertz CT molecular complexity index is 295. The molecule has 98 valence electrons. The molecule has 0 aliphatic heterocycles. The summed E-state index contributed by atoms with van der Waals surface area (Å²) >= 11 is 0. The van der Waals surface area contributed by atoms with Crippen LogP contribution in [0.3, 0.4) is 0 Å². The van der Waals surface area contributed by atoms with Crippen LogP contribution >= 0.6 is 0 Å². The molecule has 2 atom stereocenters. The number of allylic oxidation sites excluding steroid dienone is 2. The zero-order chi connectivity index (χ0) is 12.9. The van der Waals surface area contributed by atoms with E-state index in [0.717, 1.165) is 25.3 Å². The number of carbonyl (C=O) groups excluding carboxylic acids is 1. The van der Waals surface area contributed by atoms with Crippen LogP contribution < -0.4 is 5.32 Å². The molecule has 2 bridgehead atoms. The average molecular weight is 237 g/mol. The molecule has 0 radical (unpaired) electrons. The Morgan fingerprint density at radius 2 is 2.24 bits per heavy atom. The van der Waals surface area contributed by atoms with Gasteiger partial charge >= 0.3 is 0 Å². The molecule has 2 rings (SSSR count). The van der Waals surface area contributed by atoms with Crippen LogP contribution in [0, 0.1) is 11.3 Å². The highest BCUT2D eigenvalue weighted by molar-refractivity contribution is 5.76. The number of hydrogen-bond donors (Lipinski definition) is 1. The minimum atomic E-state index is 0.237. The third-order valence-corrected chi connectivity index (χ3v) is 3.73. The van der Waals surface area contributed by atoms with Gasteiger partial charge in [0, 0.05) is 13.0 Å². The van der Waals surface area contributed by atoms with Gasteiger partial charge in [0.15, 0.2) is 0 Å². The van der Waals surface area contributed by atoms with Gasteiger partial charge in [-0.3, -0.25) is 4.79 Å². The molecule has 2 aliphatic rings. The third kappa shape index (κ3) is 3.58. The molecular weight excluding hydrogens is 210 g/mol. The van der Waals surface area contributed by atoms with E-state index in [4.69, 9.17) is 0 Å². The fourth-order valence-electron chi connectivity index (χ4n) is 3.36. The van der Waals surface area contributed by atoms with Crippen LogP contribution in [0.5, 0.6) is 0 Å². The van der Waals surface area contributed by atoms with Gasteiger partial charge in [-0.25, -0.2) is 0 Å². The van der Waals surface area contributed by atoms with Crippen molar-refractivity contribution >= 4 is 5.91 Å². The zero-order valence-electron chi connectivity index (χ0n) is 11.8. The molecule has 2 unspecified atom stereocenters. The second-order valence-corrected chi connectivity index (χ2v) is 5.39. The minimum Gasteiger partial charge on any atom is -0.356 e. The third-order valence-electron chi connectivity index (χ3n) is 3.73. The van der Waals surface area contributed by atoms with Crippen molar-refractivity contribution in [1.29, 1.82) is 0 Å². The fraction of sp³-hybridized carbons (Fsp3) is 0.800. The Balaban J connectivity index is 0.000000686. The van der Waals surface area contributed by atoms with Crippen LogP contribution in [0.15, 0.2) is 11.6 Å². The van der Waals surface area contributed by atoms with E-state index in [2.05, 4.69) is 18.3 Å². The summed E-state index contributed by atoms with van der Waals surface area (Å²) in [6.45, 7) is 9.05. The van der Waals surface area contributed by atoms with Crippen LogP contribution in [0.4, 0.5) is 0 Å². The summed E-state index contributed by atoms with van der Waals surface area (Å²) in [4.78, 5) is 11.7. The maximum absolute atomic E-state index is 11.7. The van der Waals surface area contributed by atoms with Crippen LogP contribution in [0.25, 0.3) is 0 Å². The van der Waals surface area contributed by atoms with Crippen molar-refractivity contribution in [3.63, 3.8) is 0 Å². The lowest BCUT2D eigenvalue weighted by Gasteiger charge is -2.35. The number of hydrogen-bond acceptors (Lipinski definition) is 1. The Morgan fingerprint density at radius 1 is 1.53 bits per heavy atom. The van der Waals surface area contributed by atoms with Gasteiger partial charge in [-0.1, -0.05) is 32.4 Å². The van der Waals surface area contributed by atoms with Gasteiger partial charge in [-0.2, -0.15) is 0 Å². The Labute approximate surface area is 106 Å².